The number of aryl methyl sites for hydroxylation is 1. The molecule has 0 fully saturated rings. The number of aromatic nitrogens is 3. The highest BCUT2D eigenvalue weighted by atomic mass is 16.6. The molecule has 0 aliphatic carbocycles. The van der Waals surface area contributed by atoms with E-state index in [0.717, 1.165) is 5.56 Å². The van der Waals surface area contributed by atoms with E-state index in [4.69, 9.17) is 5.11 Å². The maximum Gasteiger partial charge on any atom is 0.303 e. The van der Waals surface area contributed by atoms with E-state index in [9.17, 15) is 14.9 Å². The van der Waals surface area contributed by atoms with Crippen LogP contribution in [-0.2, 0) is 17.8 Å². The van der Waals surface area contributed by atoms with E-state index >= 15 is 0 Å². The molecule has 1 aromatic heterocycles. The van der Waals surface area contributed by atoms with Gasteiger partial charge in [-0.15, -0.1) is 5.10 Å². The normalized spacial score (nSPS) is 10.5. The molecule has 1 N–H and O–H groups in total. The molecule has 21 heavy (non-hydrogen) atoms. The van der Waals surface area contributed by atoms with Gasteiger partial charge in [0.2, 0.25) is 0 Å². The van der Waals surface area contributed by atoms with Gasteiger partial charge in [-0.1, -0.05) is 17.3 Å². The Bertz CT molecular complexity index is 681. The van der Waals surface area contributed by atoms with E-state index < -0.39 is 10.9 Å². The summed E-state index contributed by atoms with van der Waals surface area (Å²) in [6.07, 6.45) is 1.96. The number of hydrogen-bond donors (Lipinski definition) is 1. The SMILES string of the molecule is Cc1c(Cn2cc(CCC(=O)O)nn2)cccc1[N+](=O)[O-]. The smallest absolute Gasteiger partial charge is 0.303 e. The minimum Gasteiger partial charge on any atom is -0.481 e. The maximum atomic E-state index is 10.9. The number of hydrogen-bond acceptors (Lipinski definition) is 5. The molecule has 0 aliphatic rings. The zero-order valence-electron chi connectivity index (χ0n) is 11.4. The summed E-state index contributed by atoms with van der Waals surface area (Å²) in [5.74, 6) is -0.890. The summed E-state index contributed by atoms with van der Waals surface area (Å²) < 4.78 is 1.54. The van der Waals surface area contributed by atoms with E-state index in [1.54, 1.807) is 29.9 Å². The van der Waals surface area contributed by atoms with Crippen molar-refractivity contribution in [1.29, 1.82) is 0 Å². The van der Waals surface area contributed by atoms with Crippen molar-refractivity contribution in [2.45, 2.75) is 26.3 Å². The molecular weight excluding hydrogens is 276 g/mol. The van der Waals surface area contributed by atoms with Gasteiger partial charge >= 0.3 is 5.97 Å². The second kappa shape index (κ2) is 6.12. The average molecular weight is 290 g/mol. The summed E-state index contributed by atoms with van der Waals surface area (Å²) in [6, 6.07) is 4.88. The van der Waals surface area contributed by atoms with Crippen LogP contribution in [0, 0.1) is 17.0 Å². The summed E-state index contributed by atoms with van der Waals surface area (Å²) in [5.41, 5.74) is 2.02. The predicted octanol–water partition coefficient (Wildman–Crippen LogP) is 1.56. The Kier molecular flexibility index (Phi) is 4.27. The third-order valence-corrected chi connectivity index (χ3v) is 3.13. The second-order valence-corrected chi connectivity index (χ2v) is 4.62. The third kappa shape index (κ3) is 3.62. The van der Waals surface area contributed by atoms with Crippen LogP contribution in [0.5, 0.6) is 0 Å². The van der Waals surface area contributed by atoms with Crippen LogP contribution in [0.4, 0.5) is 5.69 Å². The van der Waals surface area contributed by atoms with Crippen LogP contribution < -0.4 is 0 Å². The van der Waals surface area contributed by atoms with E-state index in [1.807, 2.05) is 0 Å². The summed E-state index contributed by atoms with van der Waals surface area (Å²) >= 11 is 0. The number of nitro groups is 1. The molecule has 2 aromatic rings. The molecule has 2 rings (SSSR count). The molecule has 1 heterocycles. The Morgan fingerprint density at radius 3 is 2.90 bits per heavy atom. The van der Waals surface area contributed by atoms with Gasteiger partial charge in [-0.3, -0.25) is 14.9 Å². The topological polar surface area (TPSA) is 111 Å². The molecule has 0 radical (unpaired) electrons. The van der Waals surface area contributed by atoms with Crippen LogP contribution in [-0.4, -0.2) is 31.0 Å². The molecule has 0 saturated carbocycles. The van der Waals surface area contributed by atoms with Gasteiger partial charge in [0.05, 0.1) is 23.6 Å². The van der Waals surface area contributed by atoms with Crippen molar-refractivity contribution in [3.8, 4) is 0 Å². The monoisotopic (exact) mass is 290 g/mol. The lowest BCUT2D eigenvalue weighted by atomic mass is 10.1. The van der Waals surface area contributed by atoms with Crippen molar-refractivity contribution < 1.29 is 14.8 Å². The van der Waals surface area contributed by atoms with E-state index in [0.29, 0.717) is 24.2 Å². The van der Waals surface area contributed by atoms with Crippen molar-refractivity contribution >= 4 is 11.7 Å². The van der Waals surface area contributed by atoms with Gasteiger partial charge in [-0.25, -0.2) is 4.68 Å². The summed E-state index contributed by atoms with van der Waals surface area (Å²) in [4.78, 5) is 21.0. The molecule has 0 atom stereocenters. The van der Waals surface area contributed by atoms with Gasteiger partial charge in [0, 0.05) is 24.2 Å². The highest BCUT2D eigenvalue weighted by Gasteiger charge is 2.14. The largest absolute Gasteiger partial charge is 0.481 e. The van der Waals surface area contributed by atoms with Gasteiger partial charge in [-0.05, 0) is 12.5 Å². The molecular formula is C13H14N4O4. The lowest BCUT2D eigenvalue weighted by Crippen LogP contribution is -2.04. The van der Waals surface area contributed by atoms with Crippen molar-refractivity contribution in [2.24, 2.45) is 0 Å². The van der Waals surface area contributed by atoms with E-state index in [2.05, 4.69) is 10.3 Å². The second-order valence-electron chi connectivity index (χ2n) is 4.62. The van der Waals surface area contributed by atoms with Crippen LogP contribution in [0.15, 0.2) is 24.4 Å². The van der Waals surface area contributed by atoms with Crippen molar-refractivity contribution in [2.75, 3.05) is 0 Å². The summed E-state index contributed by atoms with van der Waals surface area (Å²) in [7, 11) is 0. The number of carboxylic acid groups (broad SMARTS) is 1. The zero-order chi connectivity index (χ0) is 15.4. The Balaban J connectivity index is 2.14. The summed E-state index contributed by atoms with van der Waals surface area (Å²) in [5, 5.41) is 27.3. The number of nitro benzene ring substituents is 1. The molecule has 0 aliphatic heterocycles. The standard InChI is InChI=1S/C13H14N4O4/c1-9-10(3-2-4-12(9)17(20)21)7-16-8-11(14-15-16)5-6-13(18)19/h2-4,8H,5-7H2,1H3,(H,18,19). The van der Waals surface area contributed by atoms with Crippen LogP contribution >= 0.6 is 0 Å². The van der Waals surface area contributed by atoms with Crippen LogP contribution in [0.3, 0.4) is 0 Å². The number of aliphatic carboxylic acids is 1. The molecule has 8 nitrogen and oxygen atoms in total. The van der Waals surface area contributed by atoms with Gasteiger partial charge in [0.1, 0.15) is 0 Å². The lowest BCUT2D eigenvalue weighted by molar-refractivity contribution is -0.385. The lowest BCUT2D eigenvalue weighted by Gasteiger charge is -2.05. The first-order valence-electron chi connectivity index (χ1n) is 6.31. The predicted molar refractivity (Wildman–Crippen MR) is 72.9 cm³/mol. The first-order chi connectivity index (χ1) is 9.97. The fourth-order valence-electron chi connectivity index (χ4n) is 1.98. The van der Waals surface area contributed by atoms with Crippen LogP contribution in [0.25, 0.3) is 0 Å². The number of rotatable bonds is 6. The molecule has 0 spiro atoms. The first-order valence-corrected chi connectivity index (χ1v) is 6.31. The molecule has 0 unspecified atom stereocenters. The van der Waals surface area contributed by atoms with Crippen LogP contribution in [0.2, 0.25) is 0 Å². The van der Waals surface area contributed by atoms with E-state index in [-0.39, 0.29) is 12.1 Å². The van der Waals surface area contributed by atoms with Gasteiger partial charge < -0.3 is 5.11 Å². The first kappa shape index (κ1) is 14.6. The van der Waals surface area contributed by atoms with E-state index in [1.165, 1.54) is 6.07 Å². The van der Waals surface area contributed by atoms with Crippen LogP contribution in [0.1, 0.15) is 23.2 Å². The number of carboxylic acids is 1. The highest BCUT2D eigenvalue weighted by molar-refractivity contribution is 5.66. The maximum absolute atomic E-state index is 10.9. The number of nitrogens with zero attached hydrogens (tertiary/aromatic N) is 4. The van der Waals surface area contributed by atoms with Crippen molar-refractivity contribution in [1.82, 2.24) is 15.0 Å². The Hall–Kier alpha value is -2.77. The molecule has 0 bridgehead atoms. The number of carbonyl (C=O) groups is 1. The molecule has 0 saturated heterocycles. The number of benzene rings is 1. The fourth-order valence-corrected chi connectivity index (χ4v) is 1.98. The molecule has 1 aromatic carbocycles. The minimum absolute atomic E-state index is 0.00543. The Labute approximate surface area is 120 Å². The molecule has 110 valence electrons. The van der Waals surface area contributed by atoms with Crippen molar-refractivity contribution in [3.05, 3.63) is 51.3 Å². The highest BCUT2D eigenvalue weighted by Crippen LogP contribution is 2.21. The fraction of sp³-hybridized carbons (Fsp3) is 0.308. The average Bonchev–Trinajstić information content (AvgIpc) is 2.86. The van der Waals surface area contributed by atoms with Gasteiger partial charge in [-0.2, -0.15) is 0 Å². The van der Waals surface area contributed by atoms with Crippen molar-refractivity contribution in [3.63, 3.8) is 0 Å². The molecule has 0 amide bonds. The molecule has 8 heteroatoms. The Morgan fingerprint density at radius 2 is 2.24 bits per heavy atom. The van der Waals surface area contributed by atoms with Gasteiger partial charge in [0.25, 0.3) is 5.69 Å². The summed E-state index contributed by atoms with van der Waals surface area (Å²) in [6.45, 7) is 2.04. The quantitative estimate of drug-likeness (QED) is 0.638. The van der Waals surface area contributed by atoms with Gasteiger partial charge in [0.15, 0.2) is 0 Å². The zero-order valence-corrected chi connectivity index (χ0v) is 11.4. The third-order valence-electron chi connectivity index (χ3n) is 3.13. The minimum atomic E-state index is -0.890. The Morgan fingerprint density at radius 1 is 1.48 bits per heavy atom.